The lowest BCUT2D eigenvalue weighted by Crippen LogP contribution is -2.32. The molecule has 1 aliphatic heterocycles. The third-order valence-electron chi connectivity index (χ3n) is 3.53. The number of likely N-dealkylation sites (tertiary alicyclic amines) is 1. The Morgan fingerprint density at radius 3 is 2.89 bits per heavy atom. The van der Waals surface area contributed by atoms with E-state index in [2.05, 4.69) is 0 Å². The number of hydrogen-bond acceptors (Lipinski definition) is 3. The highest BCUT2D eigenvalue weighted by molar-refractivity contribution is 5.87. The predicted molar refractivity (Wildman–Crippen MR) is 67.8 cm³/mol. The fraction of sp³-hybridized carbons (Fsp3) is 0.538. The van der Waals surface area contributed by atoms with Gasteiger partial charge in [0.25, 0.3) is 0 Å². The fourth-order valence-corrected chi connectivity index (χ4v) is 2.47. The molecule has 1 fully saturated rings. The monoisotopic (exact) mass is 266 g/mol. The summed E-state index contributed by atoms with van der Waals surface area (Å²) in [6, 6.07) is 3.10. The highest BCUT2D eigenvalue weighted by Crippen LogP contribution is 2.19. The molecule has 104 valence electrons. The minimum Gasteiger partial charge on any atom is -0.477 e. The molecule has 1 saturated heterocycles. The summed E-state index contributed by atoms with van der Waals surface area (Å²) < 4.78 is 1.45. The van der Waals surface area contributed by atoms with Crippen LogP contribution in [0.25, 0.3) is 0 Å². The van der Waals surface area contributed by atoms with Crippen LogP contribution in [0.2, 0.25) is 0 Å². The zero-order chi connectivity index (χ0) is 13.8. The van der Waals surface area contributed by atoms with Gasteiger partial charge in [-0.05, 0) is 30.9 Å². The molecule has 2 rings (SSSR count). The van der Waals surface area contributed by atoms with Crippen molar-refractivity contribution in [3.05, 3.63) is 24.0 Å². The lowest BCUT2D eigenvalue weighted by molar-refractivity contribution is -0.130. The van der Waals surface area contributed by atoms with Crippen LogP contribution in [0.1, 0.15) is 23.3 Å². The summed E-state index contributed by atoms with van der Waals surface area (Å²) in [7, 11) is 0. The van der Waals surface area contributed by atoms with Crippen LogP contribution in [0.15, 0.2) is 18.3 Å². The van der Waals surface area contributed by atoms with Crippen molar-refractivity contribution < 1.29 is 19.8 Å². The van der Waals surface area contributed by atoms with E-state index in [4.69, 9.17) is 10.2 Å². The Hall–Kier alpha value is -1.82. The van der Waals surface area contributed by atoms with E-state index in [9.17, 15) is 9.59 Å². The minimum atomic E-state index is -1.03. The summed E-state index contributed by atoms with van der Waals surface area (Å²) >= 11 is 0. The van der Waals surface area contributed by atoms with Gasteiger partial charge in [0.15, 0.2) is 0 Å². The molecule has 1 aromatic heterocycles. The average molecular weight is 266 g/mol. The number of aromatic nitrogens is 1. The van der Waals surface area contributed by atoms with Crippen LogP contribution in [0, 0.1) is 5.92 Å². The van der Waals surface area contributed by atoms with Crippen molar-refractivity contribution in [1.82, 2.24) is 9.47 Å². The molecule has 0 aliphatic carbocycles. The van der Waals surface area contributed by atoms with Crippen molar-refractivity contribution >= 4 is 11.9 Å². The number of amides is 1. The normalized spacial score (nSPS) is 18.8. The molecule has 0 spiro atoms. The number of carbonyl (C=O) groups is 2. The molecule has 1 unspecified atom stereocenters. The van der Waals surface area contributed by atoms with E-state index in [1.165, 1.54) is 10.6 Å². The van der Waals surface area contributed by atoms with Crippen LogP contribution < -0.4 is 0 Å². The molecule has 1 aromatic rings. The molecular weight excluding hydrogens is 248 g/mol. The second-order valence-corrected chi connectivity index (χ2v) is 4.83. The number of rotatable bonds is 5. The first-order valence-corrected chi connectivity index (χ1v) is 6.39. The summed E-state index contributed by atoms with van der Waals surface area (Å²) in [4.78, 5) is 24.8. The molecule has 0 radical (unpaired) electrons. The van der Waals surface area contributed by atoms with Gasteiger partial charge in [-0.1, -0.05) is 0 Å². The van der Waals surface area contributed by atoms with Gasteiger partial charge in [-0.15, -0.1) is 0 Å². The van der Waals surface area contributed by atoms with Crippen LogP contribution in [0.4, 0.5) is 0 Å². The topological polar surface area (TPSA) is 82.8 Å². The van der Waals surface area contributed by atoms with Gasteiger partial charge in [-0.25, -0.2) is 4.79 Å². The highest BCUT2D eigenvalue weighted by atomic mass is 16.4. The summed E-state index contributed by atoms with van der Waals surface area (Å²) in [6.45, 7) is 1.55. The van der Waals surface area contributed by atoms with E-state index in [0.29, 0.717) is 25.4 Å². The second-order valence-electron chi connectivity index (χ2n) is 4.83. The van der Waals surface area contributed by atoms with E-state index in [0.717, 1.165) is 6.42 Å². The number of carboxylic acid groups (broad SMARTS) is 1. The van der Waals surface area contributed by atoms with Crippen molar-refractivity contribution in [2.24, 2.45) is 5.92 Å². The molecule has 6 heteroatoms. The molecule has 1 atom stereocenters. The number of carboxylic acids is 1. The Morgan fingerprint density at radius 2 is 2.21 bits per heavy atom. The Balaban J connectivity index is 1.94. The van der Waals surface area contributed by atoms with Crippen molar-refractivity contribution in [1.29, 1.82) is 0 Å². The third kappa shape index (κ3) is 3.14. The first kappa shape index (κ1) is 13.6. The predicted octanol–water partition coefficient (Wildman–Crippen LogP) is 0.417. The van der Waals surface area contributed by atoms with Crippen LogP contribution >= 0.6 is 0 Å². The molecule has 2 heterocycles. The van der Waals surface area contributed by atoms with E-state index in [1.54, 1.807) is 17.2 Å². The van der Waals surface area contributed by atoms with Crippen molar-refractivity contribution in [3.63, 3.8) is 0 Å². The summed E-state index contributed by atoms with van der Waals surface area (Å²) in [6.07, 6.45) is 3.22. The minimum absolute atomic E-state index is 0.0560. The summed E-state index contributed by atoms with van der Waals surface area (Å²) in [5.74, 6) is -0.742. The zero-order valence-corrected chi connectivity index (χ0v) is 10.7. The van der Waals surface area contributed by atoms with Gasteiger partial charge < -0.3 is 19.7 Å². The van der Waals surface area contributed by atoms with Crippen LogP contribution in [0.3, 0.4) is 0 Å². The third-order valence-corrected chi connectivity index (χ3v) is 3.53. The summed E-state index contributed by atoms with van der Waals surface area (Å²) in [5.41, 5.74) is 0.124. The Morgan fingerprint density at radius 1 is 1.42 bits per heavy atom. The quantitative estimate of drug-likeness (QED) is 0.809. The van der Waals surface area contributed by atoms with E-state index >= 15 is 0 Å². The molecule has 0 aromatic carbocycles. The SMILES string of the molecule is O=C(O)c1cccn1CC(=O)N1CCC(CCO)C1. The Labute approximate surface area is 111 Å². The number of carbonyl (C=O) groups excluding carboxylic acids is 1. The molecule has 0 saturated carbocycles. The van der Waals surface area contributed by atoms with Crippen molar-refractivity contribution in [3.8, 4) is 0 Å². The molecule has 1 aliphatic rings. The van der Waals surface area contributed by atoms with Crippen LogP contribution in [0.5, 0.6) is 0 Å². The van der Waals surface area contributed by atoms with E-state index in [1.807, 2.05) is 0 Å². The largest absolute Gasteiger partial charge is 0.477 e. The Kier molecular flexibility index (Phi) is 4.21. The van der Waals surface area contributed by atoms with Crippen LogP contribution in [-0.2, 0) is 11.3 Å². The molecule has 6 nitrogen and oxygen atoms in total. The molecule has 0 bridgehead atoms. The highest BCUT2D eigenvalue weighted by Gasteiger charge is 2.26. The first-order valence-electron chi connectivity index (χ1n) is 6.39. The maximum Gasteiger partial charge on any atom is 0.352 e. The number of aliphatic hydroxyl groups is 1. The molecular formula is C13H18N2O4. The van der Waals surface area contributed by atoms with Gasteiger partial charge >= 0.3 is 5.97 Å². The molecule has 19 heavy (non-hydrogen) atoms. The molecule has 1 amide bonds. The Bertz CT molecular complexity index is 469. The maximum atomic E-state index is 12.1. The fourth-order valence-electron chi connectivity index (χ4n) is 2.47. The van der Waals surface area contributed by atoms with Crippen LogP contribution in [-0.4, -0.2) is 51.3 Å². The van der Waals surface area contributed by atoms with Gasteiger partial charge in [0, 0.05) is 25.9 Å². The zero-order valence-electron chi connectivity index (χ0n) is 10.7. The standard InChI is InChI=1S/C13H18N2O4/c16-7-4-10-3-6-15(8-10)12(17)9-14-5-1-2-11(14)13(18)19/h1-2,5,10,16H,3-4,6-9H2,(H,18,19). The number of aliphatic hydroxyl groups excluding tert-OH is 1. The second kappa shape index (κ2) is 5.88. The lowest BCUT2D eigenvalue weighted by atomic mass is 10.1. The lowest BCUT2D eigenvalue weighted by Gasteiger charge is -2.17. The van der Waals surface area contributed by atoms with Crippen molar-refractivity contribution in [2.75, 3.05) is 19.7 Å². The van der Waals surface area contributed by atoms with Gasteiger partial charge in [0.05, 0.1) is 0 Å². The smallest absolute Gasteiger partial charge is 0.352 e. The van der Waals surface area contributed by atoms with E-state index in [-0.39, 0.29) is 24.8 Å². The molecule has 2 N–H and O–H groups in total. The van der Waals surface area contributed by atoms with Gasteiger partial charge in [-0.3, -0.25) is 4.79 Å². The van der Waals surface area contributed by atoms with Gasteiger partial charge in [0.2, 0.25) is 5.91 Å². The number of aromatic carboxylic acids is 1. The maximum absolute atomic E-state index is 12.1. The first-order chi connectivity index (χ1) is 9.11. The number of hydrogen-bond donors (Lipinski definition) is 2. The van der Waals surface area contributed by atoms with E-state index < -0.39 is 5.97 Å². The van der Waals surface area contributed by atoms with Gasteiger partial charge in [0.1, 0.15) is 12.2 Å². The summed E-state index contributed by atoms with van der Waals surface area (Å²) in [5, 5.41) is 17.9. The van der Waals surface area contributed by atoms with Crippen molar-refractivity contribution in [2.45, 2.75) is 19.4 Å². The number of nitrogens with zero attached hydrogens (tertiary/aromatic N) is 2. The average Bonchev–Trinajstić information content (AvgIpc) is 2.98. The van der Waals surface area contributed by atoms with Gasteiger partial charge in [-0.2, -0.15) is 0 Å².